The van der Waals surface area contributed by atoms with Crippen LogP contribution in [0.4, 0.5) is 0 Å². The van der Waals surface area contributed by atoms with E-state index in [2.05, 4.69) is 45.3 Å². The van der Waals surface area contributed by atoms with Gasteiger partial charge in [-0.25, -0.2) is 0 Å². The zero-order valence-electron chi connectivity index (χ0n) is 13.0. The molecule has 0 aliphatic rings. The van der Waals surface area contributed by atoms with Crippen LogP contribution in [0, 0.1) is 34.6 Å². The van der Waals surface area contributed by atoms with E-state index in [1.54, 1.807) is 11.3 Å². The number of hydrogen-bond donors (Lipinski definition) is 1. The Morgan fingerprint density at radius 3 is 1.85 bits per heavy atom. The number of rotatable bonds is 3. The van der Waals surface area contributed by atoms with Crippen molar-refractivity contribution in [2.45, 2.75) is 40.7 Å². The summed E-state index contributed by atoms with van der Waals surface area (Å²) in [6.45, 7) is 11.1. The van der Waals surface area contributed by atoms with E-state index in [1.807, 2.05) is 13.1 Å². The van der Waals surface area contributed by atoms with Crippen molar-refractivity contribution in [1.82, 2.24) is 5.32 Å². The molecule has 0 aliphatic heterocycles. The van der Waals surface area contributed by atoms with Gasteiger partial charge in [-0.15, -0.1) is 11.3 Å². The zero-order chi connectivity index (χ0) is 15.0. The number of thiophene rings is 1. The molecule has 1 aromatic heterocycles. The Kier molecular flexibility index (Phi) is 4.58. The van der Waals surface area contributed by atoms with Gasteiger partial charge in [-0.2, -0.15) is 0 Å². The molecule has 108 valence electrons. The monoisotopic (exact) mass is 307 g/mol. The summed E-state index contributed by atoms with van der Waals surface area (Å²) in [7, 11) is 2.00. The first-order valence-corrected chi connectivity index (χ1v) is 8.12. The zero-order valence-corrected chi connectivity index (χ0v) is 14.6. The smallest absolute Gasteiger partial charge is 0.0689 e. The molecule has 2 aromatic rings. The number of nitrogens with one attached hydrogen (secondary N) is 1. The molecule has 2 rings (SSSR count). The van der Waals surface area contributed by atoms with Gasteiger partial charge in [0.2, 0.25) is 0 Å². The van der Waals surface area contributed by atoms with Crippen LogP contribution >= 0.6 is 22.9 Å². The largest absolute Gasteiger partial charge is 0.309 e. The average molecular weight is 308 g/mol. The maximum atomic E-state index is 6.35. The third kappa shape index (κ3) is 2.41. The summed E-state index contributed by atoms with van der Waals surface area (Å²) in [6, 6.07) is 2.14. The van der Waals surface area contributed by atoms with Gasteiger partial charge >= 0.3 is 0 Å². The predicted octanol–water partition coefficient (Wildman–Crippen LogP) is 5.25. The molecule has 3 heteroatoms. The molecular formula is C17H22ClNS. The molecule has 1 nitrogen and oxygen atoms in total. The van der Waals surface area contributed by atoms with Gasteiger partial charge in [-0.1, -0.05) is 11.6 Å². The molecule has 1 N–H and O–H groups in total. The lowest BCUT2D eigenvalue weighted by molar-refractivity contribution is 0.692. The normalized spacial score (nSPS) is 12.8. The van der Waals surface area contributed by atoms with E-state index in [0.717, 1.165) is 5.02 Å². The van der Waals surface area contributed by atoms with Crippen LogP contribution < -0.4 is 5.32 Å². The van der Waals surface area contributed by atoms with E-state index in [0.29, 0.717) is 0 Å². The molecule has 0 aliphatic carbocycles. The van der Waals surface area contributed by atoms with Gasteiger partial charge < -0.3 is 5.32 Å². The fraction of sp³-hybridized carbons (Fsp3) is 0.412. The summed E-state index contributed by atoms with van der Waals surface area (Å²) in [5, 5.41) is 6.35. The van der Waals surface area contributed by atoms with Crippen LogP contribution in [0.15, 0.2) is 11.4 Å². The molecule has 0 bridgehead atoms. The Balaban J connectivity index is 2.71. The maximum absolute atomic E-state index is 6.35. The van der Waals surface area contributed by atoms with Crippen molar-refractivity contribution < 1.29 is 0 Å². The second-order valence-corrected chi connectivity index (χ2v) is 6.75. The standard InChI is InChI=1S/C17H22ClNS/c1-9-10(2)12(4)15(13(5)11(9)3)16(19-6)17-14(18)7-8-20-17/h7-8,16,19H,1-6H3. The summed E-state index contributed by atoms with van der Waals surface area (Å²) in [4.78, 5) is 1.20. The Bertz CT molecular complexity index is 614. The van der Waals surface area contributed by atoms with Crippen molar-refractivity contribution in [1.29, 1.82) is 0 Å². The summed E-state index contributed by atoms with van der Waals surface area (Å²) in [5.74, 6) is 0. The van der Waals surface area contributed by atoms with Crippen LogP contribution in [0.3, 0.4) is 0 Å². The van der Waals surface area contributed by atoms with Crippen LogP contribution in [-0.2, 0) is 0 Å². The summed E-state index contributed by atoms with van der Waals surface area (Å²) < 4.78 is 0. The minimum Gasteiger partial charge on any atom is -0.309 e. The van der Waals surface area contributed by atoms with Crippen molar-refractivity contribution >= 4 is 22.9 Å². The Hall–Kier alpha value is -0.830. The number of halogens is 1. The molecule has 1 unspecified atom stereocenters. The van der Waals surface area contributed by atoms with Crippen molar-refractivity contribution in [2.75, 3.05) is 7.05 Å². The van der Waals surface area contributed by atoms with E-state index in [9.17, 15) is 0 Å². The molecule has 0 spiro atoms. The highest BCUT2D eigenvalue weighted by atomic mass is 35.5. The quantitative estimate of drug-likeness (QED) is 0.816. The van der Waals surface area contributed by atoms with E-state index in [-0.39, 0.29) is 6.04 Å². The van der Waals surface area contributed by atoms with E-state index in [1.165, 1.54) is 38.3 Å². The topological polar surface area (TPSA) is 12.0 Å². The third-order valence-corrected chi connectivity index (χ3v) is 5.97. The molecule has 0 saturated heterocycles. The van der Waals surface area contributed by atoms with E-state index >= 15 is 0 Å². The first-order valence-electron chi connectivity index (χ1n) is 6.87. The minimum atomic E-state index is 0.167. The molecule has 0 fully saturated rings. The highest BCUT2D eigenvalue weighted by Gasteiger charge is 2.23. The van der Waals surface area contributed by atoms with E-state index < -0.39 is 0 Å². The van der Waals surface area contributed by atoms with E-state index in [4.69, 9.17) is 11.6 Å². The summed E-state index contributed by atoms with van der Waals surface area (Å²) >= 11 is 8.07. The Morgan fingerprint density at radius 2 is 1.45 bits per heavy atom. The molecule has 1 aromatic carbocycles. The first kappa shape index (κ1) is 15.6. The summed E-state index contributed by atoms with van der Waals surface area (Å²) in [5.41, 5.74) is 8.28. The second-order valence-electron chi connectivity index (χ2n) is 5.39. The predicted molar refractivity (Wildman–Crippen MR) is 90.4 cm³/mol. The maximum Gasteiger partial charge on any atom is 0.0689 e. The molecule has 0 amide bonds. The summed E-state index contributed by atoms with van der Waals surface area (Å²) in [6.07, 6.45) is 0. The number of hydrogen-bond acceptors (Lipinski definition) is 2. The lowest BCUT2D eigenvalue weighted by Crippen LogP contribution is -2.20. The highest BCUT2D eigenvalue weighted by molar-refractivity contribution is 7.10. The van der Waals surface area contributed by atoms with Crippen LogP contribution in [-0.4, -0.2) is 7.05 Å². The highest BCUT2D eigenvalue weighted by Crippen LogP contribution is 2.38. The van der Waals surface area contributed by atoms with Crippen LogP contribution in [0.25, 0.3) is 0 Å². The lowest BCUT2D eigenvalue weighted by atomic mass is 9.86. The van der Waals surface area contributed by atoms with Crippen LogP contribution in [0.2, 0.25) is 5.02 Å². The fourth-order valence-electron chi connectivity index (χ4n) is 2.88. The molecule has 20 heavy (non-hydrogen) atoms. The Labute approximate surface area is 131 Å². The fourth-order valence-corrected chi connectivity index (χ4v) is 4.16. The molecule has 1 heterocycles. The van der Waals surface area contributed by atoms with Gasteiger partial charge in [-0.05, 0) is 86.5 Å². The average Bonchev–Trinajstić information content (AvgIpc) is 2.85. The van der Waals surface area contributed by atoms with Gasteiger partial charge in [0.15, 0.2) is 0 Å². The first-order chi connectivity index (χ1) is 9.40. The van der Waals surface area contributed by atoms with Crippen molar-refractivity contribution in [2.24, 2.45) is 0 Å². The lowest BCUT2D eigenvalue weighted by Gasteiger charge is -2.25. The number of benzene rings is 1. The second kappa shape index (κ2) is 5.88. The molecule has 0 radical (unpaired) electrons. The van der Waals surface area contributed by atoms with Gasteiger partial charge in [-0.3, -0.25) is 0 Å². The minimum absolute atomic E-state index is 0.167. The molecule has 0 saturated carbocycles. The van der Waals surface area contributed by atoms with Gasteiger partial charge in [0.1, 0.15) is 0 Å². The molecular weight excluding hydrogens is 286 g/mol. The van der Waals surface area contributed by atoms with Gasteiger partial charge in [0.25, 0.3) is 0 Å². The Morgan fingerprint density at radius 1 is 0.950 bits per heavy atom. The van der Waals surface area contributed by atoms with Crippen LogP contribution in [0.5, 0.6) is 0 Å². The van der Waals surface area contributed by atoms with Crippen molar-refractivity contribution in [3.05, 3.63) is 54.7 Å². The SMILES string of the molecule is CNC(c1sccc1Cl)c1c(C)c(C)c(C)c(C)c1C. The molecule has 1 atom stereocenters. The van der Waals surface area contributed by atoms with Gasteiger partial charge in [0, 0.05) is 4.88 Å². The van der Waals surface area contributed by atoms with Crippen LogP contribution in [0.1, 0.15) is 44.3 Å². The van der Waals surface area contributed by atoms with Gasteiger partial charge in [0.05, 0.1) is 11.1 Å². The van der Waals surface area contributed by atoms with Crippen molar-refractivity contribution in [3.8, 4) is 0 Å². The third-order valence-electron chi connectivity index (χ3n) is 4.54. The van der Waals surface area contributed by atoms with Crippen molar-refractivity contribution in [3.63, 3.8) is 0 Å².